The lowest BCUT2D eigenvalue weighted by molar-refractivity contribution is 0.00194. The van der Waals surface area contributed by atoms with E-state index in [1.807, 2.05) is 64.1 Å². The Morgan fingerprint density at radius 2 is 1.62 bits per heavy atom. The van der Waals surface area contributed by atoms with Gasteiger partial charge in [0.2, 0.25) is 0 Å². The van der Waals surface area contributed by atoms with E-state index in [0.29, 0.717) is 6.42 Å². The molecular formula is C31H35NO5. The van der Waals surface area contributed by atoms with Crippen molar-refractivity contribution < 1.29 is 24.5 Å². The van der Waals surface area contributed by atoms with E-state index < -0.39 is 23.8 Å². The van der Waals surface area contributed by atoms with Crippen molar-refractivity contribution in [2.24, 2.45) is 0 Å². The highest BCUT2D eigenvalue weighted by Gasteiger charge is 2.33. The van der Waals surface area contributed by atoms with Crippen LogP contribution in [0.25, 0.3) is 11.1 Å². The number of hydrogen-bond acceptors (Lipinski definition) is 4. The number of hydrogen-bond donors (Lipinski definition) is 2. The van der Waals surface area contributed by atoms with Crippen molar-refractivity contribution in [3.63, 3.8) is 0 Å². The van der Waals surface area contributed by atoms with E-state index in [1.54, 1.807) is 17.0 Å². The summed E-state index contributed by atoms with van der Waals surface area (Å²) in [5.41, 5.74) is 5.81. The molecule has 0 saturated carbocycles. The van der Waals surface area contributed by atoms with Crippen LogP contribution in [0.2, 0.25) is 0 Å². The summed E-state index contributed by atoms with van der Waals surface area (Å²) < 4.78 is 5.75. The van der Waals surface area contributed by atoms with Crippen LogP contribution in [0.1, 0.15) is 65.9 Å². The van der Waals surface area contributed by atoms with Crippen LogP contribution < -0.4 is 0 Å². The number of rotatable bonds is 6. The number of aliphatic hydroxyl groups excluding tert-OH is 1. The summed E-state index contributed by atoms with van der Waals surface area (Å²) in [5, 5.41) is 20.2. The quantitative estimate of drug-likeness (QED) is 0.421. The zero-order valence-corrected chi connectivity index (χ0v) is 21.9. The zero-order valence-electron chi connectivity index (χ0n) is 21.9. The standard InChI is InChI=1S/C31H35NO5/c1-20-5-7-23(8-6-20)28(33)19-32(30(36)37-31(2,3)4)27-16-15-22-11-14-25(17-26(22)18-27)21-9-12-24(13-10-21)29(34)35/h5-14,17,27-28,33H,15-16,18-19H2,1-4H3,(H,34,35)/t27-,28-/m0/s1. The molecule has 6 nitrogen and oxygen atoms in total. The SMILES string of the molecule is Cc1ccc([C@@H](O)CN(C(=O)OC(C)(C)C)[C@H]2CCc3ccc(-c4ccc(C(=O)O)cc4)cc3C2)cc1. The van der Waals surface area contributed by atoms with E-state index >= 15 is 0 Å². The number of fused-ring (bicyclic) bond motifs is 1. The van der Waals surface area contributed by atoms with Crippen molar-refractivity contribution in [3.05, 3.63) is 94.5 Å². The number of benzene rings is 3. The molecule has 1 aliphatic carbocycles. The molecule has 194 valence electrons. The molecule has 0 aliphatic heterocycles. The van der Waals surface area contributed by atoms with E-state index in [4.69, 9.17) is 4.74 Å². The lowest BCUT2D eigenvalue weighted by Gasteiger charge is -2.37. The van der Waals surface area contributed by atoms with Crippen molar-refractivity contribution in [1.29, 1.82) is 0 Å². The topological polar surface area (TPSA) is 87.1 Å². The van der Waals surface area contributed by atoms with Crippen molar-refractivity contribution in [2.75, 3.05) is 6.54 Å². The van der Waals surface area contributed by atoms with E-state index in [2.05, 4.69) is 18.2 Å². The van der Waals surface area contributed by atoms with Crippen LogP contribution in [0.5, 0.6) is 0 Å². The molecule has 0 saturated heterocycles. The van der Waals surface area contributed by atoms with Crippen molar-refractivity contribution >= 4 is 12.1 Å². The highest BCUT2D eigenvalue weighted by atomic mass is 16.6. The Morgan fingerprint density at radius 3 is 2.24 bits per heavy atom. The van der Waals surface area contributed by atoms with Gasteiger partial charge in [-0.1, -0.05) is 60.2 Å². The molecule has 3 aromatic rings. The highest BCUT2D eigenvalue weighted by molar-refractivity contribution is 5.88. The molecule has 2 atom stereocenters. The predicted molar refractivity (Wildman–Crippen MR) is 144 cm³/mol. The Morgan fingerprint density at radius 1 is 0.973 bits per heavy atom. The average Bonchev–Trinajstić information content (AvgIpc) is 2.86. The third kappa shape index (κ3) is 6.57. The molecule has 4 rings (SSSR count). The highest BCUT2D eigenvalue weighted by Crippen LogP contribution is 2.31. The van der Waals surface area contributed by atoms with Gasteiger partial charge in [0, 0.05) is 6.04 Å². The fourth-order valence-electron chi connectivity index (χ4n) is 4.76. The largest absolute Gasteiger partial charge is 0.478 e. The van der Waals surface area contributed by atoms with Gasteiger partial charge in [-0.05, 0) is 86.9 Å². The second-order valence-electron chi connectivity index (χ2n) is 10.8. The van der Waals surface area contributed by atoms with Gasteiger partial charge in [0.25, 0.3) is 0 Å². The number of carbonyl (C=O) groups is 2. The lowest BCUT2D eigenvalue weighted by atomic mass is 9.85. The summed E-state index contributed by atoms with van der Waals surface area (Å²) in [4.78, 5) is 26.2. The van der Waals surface area contributed by atoms with Crippen molar-refractivity contribution in [1.82, 2.24) is 4.90 Å². The minimum atomic E-state index is -0.949. The fraction of sp³-hybridized carbons (Fsp3) is 0.355. The van der Waals surface area contributed by atoms with Gasteiger partial charge in [-0.2, -0.15) is 0 Å². The second kappa shape index (κ2) is 10.8. The first-order valence-corrected chi connectivity index (χ1v) is 12.7. The first kappa shape index (κ1) is 26.4. The first-order valence-electron chi connectivity index (χ1n) is 12.7. The van der Waals surface area contributed by atoms with E-state index in [-0.39, 0.29) is 18.2 Å². The van der Waals surface area contributed by atoms with Gasteiger partial charge >= 0.3 is 12.1 Å². The van der Waals surface area contributed by atoms with Crippen LogP contribution in [-0.4, -0.2) is 45.4 Å². The molecule has 0 radical (unpaired) electrons. The Bertz CT molecular complexity index is 1260. The van der Waals surface area contributed by atoms with Gasteiger partial charge in [-0.15, -0.1) is 0 Å². The Hall–Kier alpha value is -3.64. The molecule has 0 unspecified atom stereocenters. The summed E-state index contributed by atoms with van der Waals surface area (Å²) in [6, 6.07) is 20.7. The third-order valence-electron chi connectivity index (χ3n) is 6.77. The summed E-state index contributed by atoms with van der Waals surface area (Å²) in [7, 11) is 0. The zero-order chi connectivity index (χ0) is 26.7. The van der Waals surface area contributed by atoms with E-state index in [9.17, 15) is 19.8 Å². The normalized spacial score (nSPS) is 16.0. The smallest absolute Gasteiger partial charge is 0.410 e. The molecule has 1 aliphatic rings. The number of aromatic carboxylic acids is 1. The molecule has 37 heavy (non-hydrogen) atoms. The maximum Gasteiger partial charge on any atom is 0.410 e. The predicted octanol–water partition coefficient (Wildman–Crippen LogP) is 6.19. The van der Waals surface area contributed by atoms with Crippen LogP contribution >= 0.6 is 0 Å². The molecule has 0 bridgehead atoms. The van der Waals surface area contributed by atoms with Crippen molar-refractivity contribution in [2.45, 2.75) is 64.7 Å². The van der Waals surface area contributed by atoms with Crippen LogP contribution in [0.3, 0.4) is 0 Å². The summed E-state index contributed by atoms with van der Waals surface area (Å²) in [6.45, 7) is 7.68. The number of aliphatic hydroxyl groups is 1. The van der Waals surface area contributed by atoms with Gasteiger partial charge in [0.15, 0.2) is 0 Å². The van der Waals surface area contributed by atoms with Gasteiger partial charge in [0.1, 0.15) is 5.60 Å². The van der Waals surface area contributed by atoms with Crippen LogP contribution in [0.4, 0.5) is 4.79 Å². The number of carbonyl (C=O) groups excluding carboxylic acids is 1. The molecule has 0 heterocycles. The molecule has 3 aromatic carbocycles. The van der Waals surface area contributed by atoms with E-state index in [0.717, 1.165) is 40.7 Å². The van der Waals surface area contributed by atoms with Crippen LogP contribution in [-0.2, 0) is 17.6 Å². The van der Waals surface area contributed by atoms with Gasteiger partial charge in [-0.25, -0.2) is 9.59 Å². The molecule has 0 spiro atoms. The van der Waals surface area contributed by atoms with Gasteiger partial charge in [-0.3, -0.25) is 0 Å². The average molecular weight is 502 g/mol. The minimum absolute atomic E-state index is 0.118. The maximum atomic E-state index is 13.3. The molecular weight excluding hydrogens is 466 g/mol. The lowest BCUT2D eigenvalue weighted by Crippen LogP contribution is -2.47. The Balaban J connectivity index is 1.58. The fourth-order valence-corrected chi connectivity index (χ4v) is 4.76. The van der Waals surface area contributed by atoms with Crippen molar-refractivity contribution in [3.8, 4) is 11.1 Å². The van der Waals surface area contributed by atoms with Crippen LogP contribution in [0, 0.1) is 6.92 Å². The molecule has 0 fully saturated rings. The Labute approximate surface area is 218 Å². The number of aryl methyl sites for hydroxylation is 2. The number of nitrogens with zero attached hydrogens (tertiary/aromatic N) is 1. The summed E-state index contributed by atoms with van der Waals surface area (Å²) in [6.07, 6.45) is 0.995. The second-order valence-corrected chi connectivity index (χ2v) is 10.8. The Kier molecular flexibility index (Phi) is 7.69. The van der Waals surface area contributed by atoms with Gasteiger partial charge < -0.3 is 19.8 Å². The summed E-state index contributed by atoms with van der Waals surface area (Å²) >= 11 is 0. The molecule has 2 N–H and O–H groups in total. The molecule has 6 heteroatoms. The monoisotopic (exact) mass is 501 g/mol. The van der Waals surface area contributed by atoms with Gasteiger partial charge in [0.05, 0.1) is 18.2 Å². The molecule has 1 amide bonds. The number of amides is 1. The third-order valence-corrected chi connectivity index (χ3v) is 6.77. The minimum Gasteiger partial charge on any atom is -0.478 e. The molecule has 0 aromatic heterocycles. The summed E-state index contributed by atoms with van der Waals surface area (Å²) in [5.74, 6) is -0.949. The number of ether oxygens (including phenoxy) is 1. The number of carboxylic acid groups (broad SMARTS) is 1. The first-order chi connectivity index (χ1) is 17.5. The number of carboxylic acids is 1. The van der Waals surface area contributed by atoms with Crippen LogP contribution in [0.15, 0.2) is 66.7 Å². The van der Waals surface area contributed by atoms with E-state index in [1.165, 1.54) is 5.56 Å². The maximum absolute atomic E-state index is 13.3.